The molecular formula is C11H11ClN2O5. The molecule has 1 aliphatic rings. The quantitative estimate of drug-likeness (QED) is 0.606. The number of nitro groups is 1. The van der Waals surface area contributed by atoms with Gasteiger partial charge in [-0.2, -0.15) is 0 Å². The van der Waals surface area contributed by atoms with Gasteiger partial charge in [-0.05, 0) is 12.1 Å². The molecule has 0 aliphatic carbocycles. The number of aliphatic hydroxyl groups excluding tert-OH is 2. The Morgan fingerprint density at radius 2 is 1.95 bits per heavy atom. The number of carbonyl (C=O) groups excluding carboxylic acids is 1. The van der Waals surface area contributed by atoms with Gasteiger partial charge in [0.1, 0.15) is 5.56 Å². The van der Waals surface area contributed by atoms with Crippen molar-refractivity contribution in [1.29, 1.82) is 0 Å². The molecule has 0 radical (unpaired) electrons. The monoisotopic (exact) mass is 286 g/mol. The molecule has 8 heteroatoms. The van der Waals surface area contributed by atoms with Crippen LogP contribution in [0, 0.1) is 10.1 Å². The summed E-state index contributed by atoms with van der Waals surface area (Å²) in [6.07, 6.45) is -2.08. The van der Waals surface area contributed by atoms with Crippen LogP contribution in [0.2, 0.25) is 5.02 Å². The lowest BCUT2D eigenvalue weighted by molar-refractivity contribution is -0.385. The highest BCUT2D eigenvalue weighted by Crippen LogP contribution is 2.25. The number of carbonyl (C=O) groups is 1. The Kier molecular flexibility index (Phi) is 3.70. The lowest BCUT2D eigenvalue weighted by Crippen LogP contribution is -2.30. The van der Waals surface area contributed by atoms with Gasteiger partial charge in [-0.3, -0.25) is 14.9 Å². The second kappa shape index (κ2) is 5.12. The summed E-state index contributed by atoms with van der Waals surface area (Å²) in [6, 6.07) is 3.68. The maximum atomic E-state index is 12.2. The van der Waals surface area contributed by atoms with Gasteiger partial charge in [0, 0.05) is 24.2 Å². The van der Waals surface area contributed by atoms with Crippen LogP contribution in [0.1, 0.15) is 10.4 Å². The van der Waals surface area contributed by atoms with E-state index in [9.17, 15) is 25.1 Å². The van der Waals surface area contributed by atoms with Gasteiger partial charge in [-0.25, -0.2) is 0 Å². The number of aliphatic hydroxyl groups is 2. The number of hydrogen-bond donors (Lipinski definition) is 2. The summed E-state index contributed by atoms with van der Waals surface area (Å²) in [5, 5.41) is 29.9. The van der Waals surface area contributed by atoms with Crippen LogP contribution >= 0.6 is 11.6 Å². The Balaban J connectivity index is 2.33. The van der Waals surface area contributed by atoms with Crippen molar-refractivity contribution in [3.8, 4) is 0 Å². The predicted octanol–water partition coefficient (Wildman–Crippen LogP) is 0.426. The summed E-state index contributed by atoms with van der Waals surface area (Å²) in [4.78, 5) is 23.5. The number of likely N-dealkylation sites (tertiary alicyclic amines) is 1. The molecule has 2 atom stereocenters. The third kappa shape index (κ3) is 2.67. The summed E-state index contributed by atoms with van der Waals surface area (Å²) >= 11 is 5.74. The molecule has 0 bridgehead atoms. The van der Waals surface area contributed by atoms with E-state index in [0.717, 1.165) is 11.0 Å². The molecule has 1 fully saturated rings. The normalized spacial score (nSPS) is 22.6. The molecule has 2 unspecified atom stereocenters. The number of halogens is 1. The smallest absolute Gasteiger partial charge is 0.282 e. The number of benzene rings is 1. The van der Waals surface area contributed by atoms with Gasteiger partial charge in [-0.1, -0.05) is 11.6 Å². The molecule has 1 aliphatic heterocycles. The van der Waals surface area contributed by atoms with Crippen molar-refractivity contribution in [3.05, 3.63) is 38.9 Å². The first-order valence-corrected chi connectivity index (χ1v) is 5.87. The summed E-state index contributed by atoms with van der Waals surface area (Å²) in [6.45, 7) is -0.132. The first-order chi connectivity index (χ1) is 8.90. The zero-order chi connectivity index (χ0) is 14.2. The van der Waals surface area contributed by atoms with Crippen molar-refractivity contribution >= 4 is 23.2 Å². The molecule has 102 valence electrons. The third-order valence-electron chi connectivity index (χ3n) is 2.93. The van der Waals surface area contributed by atoms with Crippen molar-refractivity contribution in [2.45, 2.75) is 12.2 Å². The minimum atomic E-state index is -1.04. The number of nitrogens with zero attached hydrogens (tertiary/aromatic N) is 2. The van der Waals surface area contributed by atoms with E-state index in [1.165, 1.54) is 12.1 Å². The van der Waals surface area contributed by atoms with Crippen LogP contribution in [-0.4, -0.2) is 51.2 Å². The van der Waals surface area contributed by atoms with Gasteiger partial charge in [-0.15, -0.1) is 0 Å². The van der Waals surface area contributed by atoms with E-state index in [4.69, 9.17) is 11.6 Å². The molecular weight excluding hydrogens is 276 g/mol. The van der Waals surface area contributed by atoms with Crippen LogP contribution < -0.4 is 0 Å². The molecule has 0 saturated carbocycles. The van der Waals surface area contributed by atoms with Crippen LogP contribution in [0.15, 0.2) is 18.2 Å². The molecule has 2 N–H and O–H groups in total. The molecule has 0 aromatic heterocycles. The Morgan fingerprint density at radius 1 is 1.37 bits per heavy atom. The fourth-order valence-electron chi connectivity index (χ4n) is 1.94. The van der Waals surface area contributed by atoms with Gasteiger partial charge in [0.05, 0.1) is 17.1 Å². The zero-order valence-electron chi connectivity index (χ0n) is 9.69. The van der Waals surface area contributed by atoms with E-state index in [2.05, 4.69) is 0 Å². The van der Waals surface area contributed by atoms with Crippen molar-refractivity contribution in [2.24, 2.45) is 0 Å². The molecule has 7 nitrogen and oxygen atoms in total. The van der Waals surface area contributed by atoms with Crippen molar-refractivity contribution in [3.63, 3.8) is 0 Å². The van der Waals surface area contributed by atoms with E-state index in [-0.39, 0.29) is 29.4 Å². The Morgan fingerprint density at radius 3 is 2.47 bits per heavy atom. The van der Waals surface area contributed by atoms with E-state index in [0.29, 0.717) is 0 Å². The summed E-state index contributed by atoms with van der Waals surface area (Å²) in [5.74, 6) is -0.634. The van der Waals surface area contributed by atoms with Crippen LogP contribution in [0.5, 0.6) is 0 Å². The van der Waals surface area contributed by atoms with Gasteiger partial charge < -0.3 is 15.1 Å². The Labute approximate surface area is 113 Å². The Bertz CT molecular complexity index is 526. The van der Waals surface area contributed by atoms with Gasteiger partial charge in [0.25, 0.3) is 11.6 Å². The lowest BCUT2D eigenvalue weighted by Gasteiger charge is -2.15. The average Bonchev–Trinajstić information content (AvgIpc) is 2.68. The number of amides is 1. The second-order valence-corrected chi connectivity index (χ2v) is 4.70. The highest BCUT2D eigenvalue weighted by atomic mass is 35.5. The van der Waals surface area contributed by atoms with Gasteiger partial charge in [0.15, 0.2) is 0 Å². The van der Waals surface area contributed by atoms with Gasteiger partial charge in [0.2, 0.25) is 0 Å². The molecule has 1 saturated heterocycles. The molecule has 1 amide bonds. The highest BCUT2D eigenvalue weighted by Gasteiger charge is 2.35. The van der Waals surface area contributed by atoms with E-state index in [1.807, 2.05) is 0 Å². The highest BCUT2D eigenvalue weighted by molar-refractivity contribution is 6.31. The Hall–Kier alpha value is -1.70. The number of β-amino-alcohol motifs (C(OH)–C–C–N with tert-alkyl or cyclic N) is 2. The first kappa shape index (κ1) is 13.7. The minimum Gasteiger partial charge on any atom is -0.388 e. The van der Waals surface area contributed by atoms with Crippen LogP contribution in [0.25, 0.3) is 0 Å². The summed E-state index contributed by atoms with van der Waals surface area (Å²) < 4.78 is 0. The molecule has 0 spiro atoms. The molecule has 1 aromatic rings. The van der Waals surface area contributed by atoms with Crippen molar-refractivity contribution < 1.29 is 19.9 Å². The number of nitro benzene ring substituents is 1. The molecule has 19 heavy (non-hydrogen) atoms. The maximum absolute atomic E-state index is 12.2. The van der Waals surface area contributed by atoms with Crippen LogP contribution in [-0.2, 0) is 0 Å². The lowest BCUT2D eigenvalue weighted by atomic mass is 10.1. The fraction of sp³-hybridized carbons (Fsp3) is 0.364. The van der Waals surface area contributed by atoms with E-state index >= 15 is 0 Å². The SMILES string of the molecule is O=C(c1cc(Cl)ccc1[N+](=O)[O-])N1CC(O)C(O)C1. The average molecular weight is 287 g/mol. The maximum Gasteiger partial charge on any atom is 0.282 e. The van der Waals surface area contributed by atoms with Crippen LogP contribution in [0.4, 0.5) is 5.69 Å². The molecule has 1 aromatic carbocycles. The second-order valence-electron chi connectivity index (χ2n) is 4.26. The van der Waals surface area contributed by atoms with Crippen molar-refractivity contribution in [1.82, 2.24) is 4.90 Å². The first-order valence-electron chi connectivity index (χ1n) is 5.49. The fourth-order valence-corrected chi connectivity index (χ4v) is 2.12. The predicted molar refractivity (Wildman–Crippen MR) is 66.0 cm³/mol. The topological polar surface area (TPSA) is 104 Å². The number of hydrogen-bond acceptors (Lipinski definition) is 5. The minimum absolute atomic E-state index is 0.0658. The number of rotatable bonds is 2. The van der Waals surface area contributed by atoms with Crippen LogP contribution in [0.3, 0.4) is 0 Å². The summed E-state index contributed by atoms with van der Waals surface area (Å²) in [5.41, 5.74) is -0.510. The van der Waals surface area contributed by atoms with E-state index < -0.39 is 23.0 Å². The van der Waals surface area contributed by atoms with E-state index in [1.54, 1.807) is 0 Å². The van der Waals surface area contributed by atoms with Crippen molar-refractivity contribution in [2.75, 3.05) is 13.1 Å². The largest absolute Gasteiger partial charge is 0.388 e. The zero-order valence-corrected chi connectivity index (χ0v) is 10.4. The summed E-state index contributed by atoms with van der Waals surface area (Å²) in [7, 11) is 0. The third-order valence-corrected chi connectivity index (χ3v) is 3.17. The standard InChI is InChI=1S/C11H11ClN2O5/c12-6-1-2-8(14(18)19)7(3-6)11(17)13-4-9(15)10(16)5-13/h1-3,9-10,15-16H,4-5H2. The van der Waals surface area contributed by atoms with Gasteiger partial charge >= 0.3 is 0 Å². The molecule has 1 heterocycles. The molecule has 2 rings (SSSR count).